The van der Waals surface area contributed by atoms with Gasteiger partial charge < -0.3 is 29.2 Å². The molecule has 0 unspecified atom stereocenters. The first-order chi connectivity index (χ1) is 15.7. The fourth-order valence-corrected chi connectivity index (χ4v) is 3.35. The smallest absolute Gasteiger partial charge is 0.340 e. The Bertz CT molecular complexity index is 875. The maximum absolute atomic E-state index is 12.8. The van der Waals surface area contributed by atoms with E-state index in [1.807, 2.05) is 0 Å². The molecular formula is C23H32N2O8. The summed E-state index contributed by atoms with van der Waals surface area (Å²) in [6.45, 7) is 5.81. The summed E-state index contributed by atoms with van der Waals surface area (Å²) in [7, 11) is 2.86. The van der Waals surface area contributed by atoms with Crippen molar-refractivity contribution in [2.24, 2.45) is 11.8 Å². The second kappa shape index (κ2) is 12.1. The van der Waals surface area contributed by atoms with Gasteiger partial charge in [-0.25, -0.2) is 4.79 Å². The first-order valence-corrected chi connectivity index (χ1v) is 10.9. The number of anilines is 1. The molecule has 0 aliphatic carbocycles. The molecule has 0 spiro atoms. The second-order valence-corrected chi connectivity index (χ2v) is 7.88. The Labute approximate surface area is 193 Å². The first kappa shape index (κ1) is 26.0. The normalized spacial score (nSPS) is 13.9. The summed E-state index contributed by atoms with van der Waals surface area (Å²) in [5.41, 5.74) is 0.231. The molecule has 33 heavy (non-hydrogen) atoms. The number of nitrogens with one attached hydrogen (secondary N) is 1. The van der Waals surface area contributed by atoms with Gasteiger partial charge in [0.2, 0.25) is 5.91 Å². The highest BCUT2D eigenvalue weighted by atomic mass is 16.5. The standard InChI is InChI=1S/C23H32N2O8/c1-6-32-22(28)15-7-9-25(10-8-15)20(26)13-33-23(29)16-11-18(30-4)19(31-5)12-17(16)24-21(27)14(2)3/h11-12,14-15H,6-10,13H2,1-5H3,(H,24,27). The van der Waals surface area contributed by atoms with E-state index in [1.54, 1.807) is 25.7 Å². The van der Waals surface area contributed by atoms with Crippen molar-refractivity contribution >= 4 is 29.4 Å². The van der Waals surface area contributed by atoms with Crippen molar-refractivity contribution in [1.82, 2.24) is 4.90 Å². The molecule has 1 aromatic rings. The topological polar surface area (TPSA) is 120 Å². The number of esters is 2. The summed E-state index contributed by atoms with van der Waals surface area (Å²) in [5.74, 6) is -1.63. The summed E-state index contributed by atoms with van der Waals surface area (Å²) in [6.07, 6.45) is 0.999. The lowest BCUT2D eigenvalue weighted by atomic mass is 9.97. The minimum absolute atomic E-state index is 0.0375. The number of ether oxygens (including phenoxy) is 4. The van der Waals surface area contributed by atoms with Crippen LogP contribution in [0.3, 0.4) is 0 Å². The number of amides is 2. The van der Waals surface area contributed by atoms with Gasteiger partial charge in [-0.15, -0.1) is 0 Å². The van der Waals surface area contributed by atoms with Crippen LogP contribution in [0.1, 0.15) is 44.0 Å². The van der Waals surface area contributed by atoms with E-state index in [-0.39, 0.29) is 46.6 Å². The molecule has 1 heterocycles. The number of nitrogens with zero attached hydrogens (tertiary/aromatic N) is 1. The molecule has 10 heteroatoms. The highest BCUT2D eigenvalue weighted by molar-refractivity contribution is 6.03. The van der Waals surface area contributed by atoms with Crippen LogP contribution in [-0.4, -0.2) is 69.2 Å². The molecule has 1 aliphatic rings. The Morgan fingerprint density at radius 2 is 1.64 bits per heavy atom. The fourth-order valence-electron chi connectivity index (χ4n) is 3.35. The molecule has 1 saturated heterocycles. The largest absolute Gasteiger partial charge is 0.493 e. The Morgan fingerprint density at radius 1 is 1.03 bits per heavy atom. The van der Waals surface area contributed by atoms with Crippen LogP contribution in [0.2, 0.25) is 0 Å². The highest BCUT2D eigenvalue weighted by Crippen LogP contribution is 2.34. The zero-order chi connectivity index (χ0) is 24.5. The lowest BCUT2D eigenvalue weighted by Crippen LogP contribution is -2.42. The number of benzene rings is 1. The van der Waals surface area contributed by atoms with Gasteiger partial charge in [0, 0.05) is 31.1 Å². The molecule has 0 radical (unpaired) electrons. The Morgan fingerprint density at radius 3 is 2.18 bits per heavy atom. The molecule has 0 aromatic heterocycles. The van der Waals surface area contributed by atoms with Gasteiger partial charge in [-0.05, 0) is 19.8 Å². The first-order valence-electron chi connectivity index (χ1n) is 10.9. The van der Waals surface area contributed by atoms with E-state index in [1.165, 1.54) is 26.4 Å². The molecule has 0 atom stereocenters. The minimum Gasteiger partial charge on any atom is -0.493 e. The van der Waals surface area contributed by atoms with Gasteiger partial charge in [-0.1, -0.05) is 13.8 Å². The van der Waals surface area contributed by atoms with Crippen LogP contribution in [-0.2, 0) is 23.9 Å². The number of hydrogen-bond donors (Lipinski definition) is 1. The van der Waals surface area contributed by atoms with E-state index in [2.05, 4.69) is 5.32 Å². The molecule has 10 nitrogen and oxygen atoms in total. The zero-order valence-electron chi connectivity index (χ0n) is 19.8. The number of carbonyl (C=O) groups is 4. The van der Waals surface area contributed by atoms with Crippen LogP contribution < -0.4 is 14.8 Å². The van der Waals surface area contributed by atoms with E-state index < -0.39 is 12.6 Å². The van der Waals surface area contributed by atoms with E-state index in [4.69, 9.17) is 18.9 Å². The predicted molar refractivity (Wildman–Crippen MR) is 119 cm³/mol. The van der Waals surface area contributed by atoms with Crippen molar-refractivity contribution in [1.29, 1.82) is 0 Å². The van der Waals surface area contributed by atoms with Gasteiger partial charge in [-0.2, -0.15) is 0 Å². The van der Waals surface area contributed by atoms with E-state index in [0.29, 0.717) is 38.3 Å². The molecule has 1 fully saturated rings. The van der Waals surface area contributed by atoms with Crippen molar-refractivity contribution in [3.05, 3.63) is 17.7 Å². The molecule has 182 valence electrons. The van der Waals surface area contributed by atoms with E-state index in [0.717, 1.165) is 0 Å². The number of carbonyl (C=O) groups excluding carboxylic acids is 4. The van der Waals surface area contributed by atoms with Gasteiger partial charge in [0.15, 0.2) is 18.1 Å². The summed E-state index contributed by atoms with van der Waals surface area (Å²) in [5, 5.41) is 2.68. The molecule has 1 N–H and O–H groups in total. The molecule has 0 bridgehead atoms. The van der Waals surface area contributed by atoms with Crippen LogP contribution >= 0.6 is 0 Å². The number of piperidine rings is 1. The van der Waals surface area contributed by atoms with Crippen LogP contribution in [0.4, 0.5) is 5.69 Å². The van der Waals surface area contributed by atoms with Crippen molar-refractivity contribution in [3.63, 3.8) is 0 Å². The van der Waals surface area contributed by atoms with E-state index >= 15 is 0 Å². The van der Waals surface area contributed by atoms with Crippen LogP contribution in [0.25, 0.3) is 0 Å². The Kier molecular flexibility index (Phi) is 9.50. The van der Waals surface area contributed by atoms with Crippen LogP contribution in [0.5, 0.6) is 11.5 Å². The fraction of sp³-hybridized carbons (Fsp3) is 0.565. The summed E-state index contributed by atoms with van der Waals surface area (Å²) >= 11 is 0. The van der Waals surface area contributed by atoms with Gasteiger partial charge in [0.25, 0.3) is 5.91 Å². The number of hydrogen-bond acceptors (Lipinski definition) is 8. The van der Waals surface area contributed by atoms with Gasteiger partial charge in [-0.3, -0.25) is 14.4 Å². The average molecular weight is 465 g/mol. The Balaban J connectivity index is 2.06. The van der Waals surface area contributed by atoms with Gasteiger partial charge in [0.05, 0.1) is 38.0 Å². The third-order valence-corrected chi connectivity index (χ3v) is 5.32. The number of rotatable bonds is 9. The van der Waals surface area contributed by atoms with Crippen LogP contribution in [0, 0.1) is 11.8 Å². The second-order valence-electron chi connectivity index (χ2n) is 7.88. The number of likely N-dealkylation sites (tertiary alicyclic amines) is 1. The molecule has 1 aliphatic heterocycles. The van der Waals surface area contributed by atoms with Crippen molar-refractivity contribution in [3.8, 4) is 11.5 Å². The monoisotopic (exact) mass is 464 g/mol. The highest BCUT2D eigenvalue weighted by Gasteiger charge is 2.29. The van der Waals surface area contributed by atoms with E-state index in [9.17, 15) is 19.2 Å². The van der Waals surface area contributed by atoms with Gasteiger partial charge >= 0.3 is 11.9 Å². The average Bonchev–Trinajstić information content (AvgIpc) is 2.82. The molecular weight excluding hydrogens is 432 g/mol. The predicted octanol–water partition coefficient (Wildman–Crippen LogP) is 2.26. The lowest BCUT2D eigenvalue weighted by Gasteiger charge is -2.30. The zero-order valence-corrected chi connectivity index (χ0v) is 19.8. The van der Waals surface area contributed by atoms with Crippen LogP contribution in [0.15, 0.2) is 12.1 Å². The van der Waals surface area contributed by atoms with Crippen molar-refractivity contribution in [2.45, 2.75) is 33.6 Å². The number of methoxy groups -OCH3 is 2. The molecule has 0 saturated carbocycles. The summed E-state index contributed by atoms with van der Waals surface area (Å²) < 4.78 is 20.8. The molecule has 2 rings (SSSR count). The Hall–Kier alpha value is -3.30. The molecule has 2 amide bonds. The minimum atomic E-state index is -0.787. The van der Waals surface area contributed by atoms with Crippen molar-refractivity contribution < 1.29 is 38.1 Å². The maximum atomic E-state index is 12.8. The van der Waals surface area contributed by atoms with Crippen molar-refractivity contribution in [2.75, 3.05) is 45.8 Å². The summed E-state index contributed by atoms with van der Waals surface area (Å²) in [4.78, 5) is 50.9. The SMILES string of the molecule is CCOC(=O)C1CCN(C(=O)COC(=O)c2cc(OC)c(OC)cc2NC(=O)C(C)C)CC1. The van der Waals surface area contributed by atoms with Gasteiger partial charge in [0.1, 0.15) is 0 Å². The maximum Gasteiger partial charge on any atom is 0.340 e. The third-order valence-electron chi connectivity index (χ3n) is 5.32. The quantitative estimate of drug-likeness (QED) is 0.553. The molecule has 1 aromatic carbocycles. The lowest BCUT2D eigenvalue weighted by molar-refractivity contribution is -0.151. The third kappa shape index (κ3) is 6.84. The summed E-state index contributed by atoms with van der Waals surface area (Å²) in [6, 6.07) is 2.87.